The molecule has 134 valence electrons. The Kier molecular flexibility index (Phi) is 4.74. The van der Waals surface area contributed by atoms with Crippen molar-refractivity contribution >= 4 is 11.3 Å². The van der Waals surface area contributed by atoms with E-state index >= 15 is 0 Å². The fourth-order valence-corrected chi connectivity index (χ4v) is 4.51. The highest BCUT2D eigenvalue weighted by Crippen LogP contribution is 2.36. The van der Waals surface area contributed by atoms with Crippen molar-refractivity contribution in [2.24, 2.45) is 0 Å². The van der Waals surface area contributed by atoms with E-state index in [0.717, 1.165) is 47.3 Å². The number of ether oxygens (including phenoxy) is 1. The molecule has 0 aliphatic heterocycles. The molecule has 1 aliphatic rings. The van der Waals surface area contributed by atoms with Crippen molar-refractivity contribution in [3.05, 3.63) is 67.6 Å². The molecule has 0 atom stereocenters. The van der Waals surface area contributed by atoms with Crippen LogP contribution in [0.5, 0.6) is 0 Å². The Balaban J connectivity index is 1.83. The van der Waals surface area contributed by atoms with Gasteiger partial charge < -0.3 is 4.74 Å². The average Bonchev–Trinajstić information content (AvgIpc) is 2.97. The topological polar surface area (TPSA) is 44.1 Å². The molecular formula is C21H22N2O2S. The Labute approximate surface area is 157 Å². The van der Waals surface area contributed by atoms with Crippen LogP contribution in [0, 0.1) is 6.92 Å². The van der Waals surface area contributed by atoms with Crippen LogP contribution in [0.4, 0.5) is 0 Å². The lowest BCUT2D eigenvalue weighted by Gasteiger charge is -2.10. The summed E-state index contributed by atoms with van der Waals surface area (Å²) in [5.74, 6) is 0. The van der Waals surface area contributed by atoms with E-state index in [9.17, 15) is 4.79 Å². The summed E-state index contributed by atoms with van der Waals surface area (Å²) >= 11 is 1.81. The first-order chi connectivity index (χ1) is 12.7. The molecule has 5 heteroatoms. The lowest BCUT2D eigenvalue weighted by atomic mass is 10.1. The van der Waals surface area contributed by atoms with Gasteiger partial charge in [-0.1, -0.05) is 17.7 Å². The summed E-state index contributed by atoms with van der Waals surface area (Å²) in [5, 5.41) is 4.78. The van der Waals surface area contributed by atoms with Crippen molar-refractivity contribution in [1.29, 1.82) is 0 Å². The molecule has 2 heterocycles. The molecule has 0 saturated heterocycles. The second-order valence-electron chi connectivity index (χ2n) is 6.64. The molecule has 1 aromatic carbocycles. The second-order valence-corrected chi connectivity index (χ2v) is 7.87. The summed E-state index contributed by atoms with van der Waals surface area (Å²) < 4.78 is 7.10. The van der Waals surface area contributed by atoms with Crippen LogP contribution < -0.4 is 5.56 Å². The quantitative estimate of drug-likeness (QED) is 0.692. The van der Waals surface area contributed by atoms with Gasteiger partial charge in [-0.05, 0) is 56.9 Å². The van der Waals surface area contributed by atoms with E-state index < -0.39 is 0 Å². The SMILES string of the molecule is CCOCc1cc2c(s1)CCCc1cc(=O)n(-c3ccc(C)cc3)nc1-2. The average molecular weight is 366 g/mol. The first-order valence-corrected chi connectivity index (χ1v) is 9.87. The smallest absolute Gasteiger partial charge is 0.271 e. The van der Waals surface area contributed by atoms with Gasteiger partial charge in [0.2, 0.25) is 0 Å². The number of thiophene rings is 1. The van der Waals surface area contributed by atoms with Gasteiger partial charge in [0.15, 0.2) is 0 Å². The molecule has 0 amide bonds. The van der Waals surface area contributed by atoms with E-state index in [1.807, 2.05) is 49.4 Å². The van der Waals surface area contributed by atoms with Crippen molar-refractivity contribution in [3.63, 3.8) is 0 Å². The lowest BCUT2D eigenvalue weighted by Crippen LogP contribution is -2.22. The molecule has 0 fully saturated rings. The fourth-order valence-electron chi connectivity index (χ4n) is 3.36. The number of hydrogen-bond donors (Lipinski definition) is 0. The number of aryl methyl sites for hydroxylation is 3. The van der Waals surface area contributed by atoms with Crippen LogP contribution in [0.15, 0.2) is 41.2 Å². The molecule has 26 heavy (non-hydrogen) atoms. The monoisotopic (exact) mass is 366 g/mol. The predicted octanol–water partition coefficient (Wildman–Crippen LogP) is 4.29. The van der Waals surface area contributed by atoms with Gasteiger partial charge >= 0.3 is 0 Å². The summed E-state index contributed by atoms with van der Waals surface area (Å²) in [7, 11) is 0. The normalized spacial score (nSPS) is 13.2. The molecule has 2 aromatic heterocycles. The van der Waals surface area contributed by atoms with Gasteiger partial charge in [-0.25, -0.2) is 0 Å². The number of benzene rings is 1. The Hall–Kier alpha value is -2.24. The third kappa shape index (κ3) is 3.24. The highest BCUT2D eigenvalue weighted by Gasteiger charge is 2.21. The highest BCUT2D eigenvalue weighted by molar-refractivity contribution is 7.12. The first-order valence-electron chi connectivity index (χ1n) is 9.05. The Bertz CT molecular complexity index is 986. The van der Waals surface area contributed by atoms with E-state index in [2.05, 4.69) is 6.07 Å². The van der Waals surface area contributed by atoms with Crippen LogP contribution >= 0.6 is 11.3 Å². The maximum absolute atomic E-state index is 12.6. The lowest BCUT2D eigenvalue weighted by molar-refractivity contribution is 0.136. The molecule has 3 aromatic rings. The van der Waals surface area contributed by atoms with E-state index in [-0.39, 0.29) is 5.56 Å². The van der Waals surface area contributed by atoms with E-state index in [1.165, 1.54) is 14.4 Å². The zero-order valence-corrected chi connectivity index (χ0v) is 15.9. The van der Waals surface area contributed by atoms with E-state index in [4.69, 9.17) is 9.84 Å². The van der Waals surface area contributed by atoms with Crippen LogP contribution in [0.2, 0.25) is 0 Å². The maximum atomic E-state index is 12.6. The minimum Gasteiger partial charge on any atom is -0.376 e. The van der Waals surface area contributed by atoms with Crippen molar-refractivity contribution in [1.82, 2.24) is 9.78 Å². The molecule has 0 bridgehead atoms. The highest BCUT2D eigenvalue weighted by atomic mass is 32.1. The molecule has 4 nitrogen and oxygen atoms in total. The van der Waals surface area contributed by atoms with Gasteiger partial charge in [0, 0.05) is 28.0 Å². The summed E-state index contributed by atoms with van der Waals surface area (Å²) in [6, 6.07) is 11.9. The van der Waals surface area contributed by atoms with Gasteiger partial charge in [-0.15, -0.1) is 11.3 Å². The van der Waals surface area contributed by atoms with Gasteiger partial charge in [0.1, 0.15) is 0 Å². The van der Waals surface area contributed by atoms with Crippen LogP contribution in [0.25, 0.3) is 16.9 Å². The molecule has 1 aliphatic carbocycles. The maximum Gasteiger partial charge on any atom is 0.271 e. The zero-order valence-electron chi connectivity index (χ0n) is 15.1. The molecule has 0 unspecified atom stereocenters. The molecule has 0 radical (unpaired) electrons. The van der Waals surface area contributed by atoms with Gasteiger partial charge in [-0.3, -0.25) is 4.79 Å². The van der Waals surface area contributed by atoms with Crippen LogP contribution in [0.3, 0.4) is 0 Å². The third-order valence-electron chi connectivity index (χ3n) is 4.70. The predicted molar refractivity (Wildman–Crippen MR) is 105 cm³/mol. The van der Waals surface area contributed by atoms with Gasteiger partial charge in [-0.2, -0.15) is 9.78 Å². The largest absolute Gasteiger partial charge is 0.376 e. The standard InChI is InChI=1S/C21H22N2O2S/c1-3-25-13-17-12-18-19(26-17)6-4-5-15-11-20(24)23(22-21(15)18)16-9-7-14(2)8-10-16/h7-12H,3-6,13H2,1-2H3. The summed E-state index contributed by atoms with van der Waals surface area (Å²) in [6.45, 7) is 5.40. The molecule has 0 N–H and O–H groups in total. The van der Waals surface area contributed by atoms with E-state index in [0.29, 0.717) is 13.2 Å². The summed E-state index contributed by atoms with van der Waals surface area (Å²) in [4.78, 5) is 15.2. The van der Waals surface area contributed by atoms with E-state index in [1.54, 1.807) is 6.07 Å². The Morgan fingerprint density at radius 1 is 1.19 bits per heavy atom. The number of fused-ring (bicyclic) bond motifs is 3. The summed E-state index contributed by atoms with van der Waals surface area (Å²) in [6.07, 6.45) is 2.97. The summed E-state index contributed by atoms with van der Waals surface area (Å²) in [5.41, 5.74) is 5.06. The van der Waals surface area contributed by atoms with Crippen molar-refractivity contribution in [2.75, 3.05) is 6.61 Å². The molecular weight excluding hydrogens is 344 g/mol. The van der Waals surface area contributed by atoms with Crippen molar-refractivity contribution < 1.29 is 4.74 Å². The Morgan fingerprint density at radius 2 is 2.00 bits per heavy atom. The van der Waals surface area contributed by atoms with Crippen LogP contribution in [0.1, 0.15) is 34.2 Å². The van der Waals surface area contributed by atoms with Crippen LogP contribution in [-0.4, -0.2) is 16.4 Å². The number of rotatable bonds is 4. The first kappa shape index (κ1) is 17.2. The minimum atomic E-state index is -0.0687. The van der Waals surface area contributed by atoms with Gasteiger partial charge in [0.05, 0.1) is 18.0 Å². The Morgan fingerprint density at radius 3 is 2.77 bits per heavy atom. The second kappa shape index (κ2) is 7.17. The zero-order chi connectivity index (χ0) is 18.1. The van der Waals surface area contributed by atoms with Crippen molar-refractivity contribution in [2.45, 2.75) is 39.7 Å². The van der Waals surface area contributed by atoms with Crippen molar-refractivity contribution in [3.8, 4) is 16.9 Å². The molecule has 0 spiro atoms. The number of nitrogens with zero attached hydrogens (tertiary/aromatic N) is 2. The molecule has 4 rings (SSSR count). The third-order valence-corrected chi connectivity index (χ3v) is 5.87. The fraction of sp³-hybridized carbons (Fsp3) is 0.333. The molecule has 0 saturated carbocycles. The number of hydrogen-bond acceptors (Lipinski definition) is 4. The van der Waals surface area contributed by atoms with Crippen LogP contribution in [-0.2, 0) is 24.2 Å². The number of aromatic nitrogens is 2. The van der Waals surface area contributed by atoms with Gasteiger partial charge in [0.25, 0.3) is 5.56 Å². The minimum absolute atomic E-state index is 0.0687.